The molecule has 1 N–H and O–H groups in total. The van der Waals surface area contributed by atoms with Crippen molar-refractivity contribution < 1.29 is 10.0 Å². The fraction of sp³-hybridized carbons (Fsp3) is 0. The standard InChI is InChI=1S/C14H11NO3.K.H/c16-14-9-5-12(6-10-14)2-1-11-3-7-13(8-4-11)15(17)18;;/h1-10,16H;;. The summed E-state index contributed by atoms with van der Waals surface area (Å²) in [6.45, 7) is 0. The SMILES string of the molecule is O=[N+]([O-])c1ccc(C=Cc2ccc(O)cc2)cc1.[KH]. The molecule has 0 saturated carbocycles. The van der Waals surface area contributed by atoms with E-state index in [4.69, 9.17) is 5.11 Å². The van der Waals surface area contributed by atoms with Gasteiger partial charge in [-0.25, -0.2) is 0 Å². The van der Waals surface area contributed by atoms with E-state index in [1.54, 1.807) is 36.4 Å². The van der Waals surface area contributed by atoms with Gasteiger partial charge in [0, 0.05) is 12.1 Å². The van der Waals surface area contributed by atoms with Crippen LogP contribution in [0, 0.1) is 10.1 Å². The van der Waals surface area contributed by atoms with Gasteiger partial charge in [-0.3, -0.25) is 10.1 Å². The van der Waals surface area contributed by atoms with Gasteiger partial charge in [-0.1, -0.05) is 24.3 Å². The minimum absolute atomic E-state index is 0. The zero-order chi connectivity index (χ0) is 13.0. The maximum absolute atomic E-state index is 10.5. The molecule has 0 radical (unpaired) electrons. The average Bonchev–Trinajstić information content (AvgIpc) is 2.38. The van der Waals surface area contributed by atoms with Gasteiger partial charge in [0.05, 0.1) is 4.92 Å². The number of rotatable bonds is 3. The maximum atomic E-state index is 10.5. The molecular weight excluding hydrogens is 269 g/mol. The number of phenols is 1. The van der Waals surface area contributed by atoms with Gasteiger partial charge in [0.1, 0.15) is 5.75 Å². The Labute approximate surface area is 153 Å². The molecule has 92 valence electrons. The first-order valence-corrected chi connectivity index (χ1v) is 5.37. The average molecular weight is 281 g/mol. The van der Waals surface area contributed by atoms with E-state index in [9.17, 15) is 10.1 Å². The van der Waals surface area contributed by atoms with Crippen LogP contribution in [0.25, 0.3) is 12.2 Å². The van der Waals surface area contributed by atoms with Gasteiger partial charge in [0.2, 0.25) is 0 Å². The molecule has 0 saturated heterocycles. The third kappa shape index (κ3) is 4.89. The van der Waals surface area contributed by atoms with Gasteiger partial charge in [-0.15, -0.1) is 0 Å². The number of phenolic OH excluding ortho intramolecular Hbond substituents is 1. The number of nitro groups is 1. The monoisotopic (exact) mass is 281 g/mol. The third-order valence-electron chi connectivity index (χ3n) is 2.47. The quantitative estimate of drug-likeness (QED) is 0.407. The first kappa shape index (κ1) is 16.1. The van der Waals surface area contributed by atoms with E-state index >= 15 is 0 Å². The van der Waals surface area contributed by atoms with Crippen LogP contribution in [-0.2, 0) is 0 Å². The van der Waals surface area contributed by atoms with Crippen molar-refractivity contribution in [1.82, 2.24) is 0 Å². The Bertz CT molecular complexity index is 577. The van der Waals surface area contributed by atoms with Crippen molar-refractivity contribution in [2.75, 3.05) is 0 Å². The van der Waals surface area contributed by atoms with Crippen LogP contribution in [0.4, 0.5) is 5.69 Å². The Hall–Kier alpha value is -0.984. The molecular formula is C14H12KNO3. The van der Waals surface area contributed by atoms with E-state index in [1.807, 2.05) is 12.2 Å². The number of hydrogen-bond acceptors (Lipinski definition) is 3. The van der Waals surface area contributed by atoms with Crippen molar-refractivity contribution in [3.63, 3.8) is 0 Å². The van der Waals surface area contributed by atoms with E-state index in [2.05, 4.69) is 0 Å². The van der Waals surface area contributed by atoms with E-state index < -0.39 is 4.92 Å². The Morgan fingerprint density at radius 2 is 1.32 bits per heavy atom. The van der Waals surface area contributed by atoms with E-state index in [1.165, 1.54) is 12.1 Å². The molecule has 0 unspecified atom stereocenters. The number of nitrogens with zero attached hydrogens (tertiary/aromatic N) is 1. The predicted molar refractivity (Wildman–Crippen MR) is 77.3 cm³/mol. The van der Waals surface area contributed by atoms with Crippen molar-refractivity contribution in [2.24, 2.45) is 0 Å². The number of non-ortho nitro benzene ring substituents is 1. The zero-order valence-corrected chi connectivity index (χ0v) is 9.48. The molecule has 0 bridgehead atoms. The van der Waals surface area contributed by atoms with Crippen molar-refractivity contribution in [2.45, 2.75) is 0 Å². The molecule has 0 fully saturated rings. The molecule has 0 amide bonds. The third-order valence-corrected chi connectivity index (χ3v) is 2.47. The summed E-state index contributed by atoms with van der Waals surface area (Å²) in [5.41, 5.74) is 1.91. The van der Waals surface area contributed by atoms with Crippen LogP contribution in [0.3, 0.4) is 0 Å². The zero-order valence-electron chi connectivity index (χ0n) is 9.48. The summed E-state index contributed by atoms with van der Waals surface area (Å²) in [6.07, 6.45) is 3.73. The fourth-order valence-corrected chi connectivity index (χ4v) is 1.49. The van der Waals surface area contributed by atoms with Gasteiger partial charge >= 0.3 is 51.4 Å². The molecule has 0 aromatic heterocycles. The topological polar surface area (TPSA) is 63.4 Å². The molecule has 2 aromatic rings. The molecule has 0 atom stereocenters. The van der Waals surface area contributed by atoms with Crippen molar-refractivity contribution in [1.29, 1.82) is 0 Å². The van der Waals surface area contributed by atoms with E-state index in [0.717, 1.165) is 11.1 Å². The molecule has 2 aromatic carbocycles. The fourth-order valence-electron chi connectivity index (χ4n) is 1.49. The minimum atomic E-state index is -0.423. The summed E-state index contributed by atoms with van der Waals surface area (Å²) >= 11 is 0. The Morgan fingerprint density at radius 1 is 0.895 bits per heavy atom. The number of benzene rings is 2. The van der Waals surface area contributed by atoms with Gasteiger partial charge in [0.15, 0.2) is 0 Å². The summed E-state index contributed by atoms with van der Waals surface area (Å²) in [6, 6.07) is 13.1. The summed E-state index contributed by atoms with van der Waals surface area (Å²) in [7, 11) is 0. The van der Waals surface area contributed by atoms with Gasteiger partial charge in [-0.05, 0) is 35.4 Å². The van der Waals surface area contributed by atoms with Crippen molar-refractivity contribution in [3.05, 3.63) is 69.8 Å². The van der Waals surface area contributed by atoms with Crippen molar-refractivity contribution >= 4 is 69.2 Å². The normalized spacial score (nSPS) is 10.1. The second-order valence-electron chi connectivity index (χ2n) is 3.77. The molecule has 0 aliphatic rings. The van der Waals surface area contributed by atoms with Gasteiger partial charge in [-0.2, -0.15) is 0 Å². The molecule has 0 aliphatic carbocycles. The Kier molecular flexibility index (Phi) is 6.40. The van der Waals surface area contributed by atoms with Gasteiger partial charge < -0.3 is 5.11 Å². The number of hydrogen-bond donors (Lipinski definition) is 1. The molecule has 4 nitrogen and oxygen atoms in total. The molecule has 2 rings (SSSR count). The summed E-state index contributed by atoms with van der Waals surface area (Å²) < 4.78 is 0. The van der Waals surface area contributed by atoms with E-state index in [0.29, 0.717) is 0 Å². The second kappa shape index (κ2) is 7.57. The second-order valence-corrected chi connectivity index (χ2v) is 3.77. The van der Waals surface area contributed by atoms with Crippen molar-refractivity contribution in [3.8, 4) is 5.75 Å². The number of nitro benzene ring substituents is 1. The first-order valence-electron chi connectivity index (χ1n) is 5.37. The molecule has 0 aliphatic heterocycles. The Balaban J connectivity index is 0.00000180. The van der Waals surface area contributed by atoms with Crippen LogP contribution >= 0.6 is 0 Å². The molecule has 0 spiro atoms. The van der Waals surface area contributed by atoms with Crippen LogP contribution in [0.2, 0.25) is 0 Å². The predicted octanol–water partition coefficient (Wildman–Crippen LogP) is 2.82. The van der Waals surface area contributed by atoms with Crippen LogP contribution in [0.15, 0.2) is 48.5 Å². The van der Waals surface area contributed by atoms with Gasteiger partial charge in [0.25, 0.3) is 5.69 Å². The number of aromatic hydroxyl groups is 1. The van der Waals surface area contributed by atoms with Crippen LogP contribution in [-0.4, -0.2) is 61.4 Å². The van der Waals surface area contributed by atoms with Crippen LogP contribution < -0.4 is 0 Å². The van der Waals surface area contributed by atoms with Crippen LogP contribution in [0.5, 0.6) is 5.75 Å². The first-order chi connectivity index (χ1) is 8.65. The summed E-state index contributed by atoms with van der Waals surface area (Å²) in [4.78, 5) is 10.1. The summed E-state index contributed by atoms with van der Waals surface area (Å²) in [5, 5.41) is 19.6. The molecule has 0 heterocycles. The van der Waals surface area contributed by atoms with E-state index in [-0.39, 0.29) is 62.8 Å². The summed E-state index contributed by atoms with van der Waals surface area (Å²) in [5.74, 6) is 0.225. The molecule has 5 heteroatoms. The Morgan fingerprint density at radius 3 is 1.74 bits per heavy atom. The molecule has 19 heavy (non-hydrogen) atoms. The van der Waals surface area contributed by atoms with Crippen LogP contribution in [0.1, 0.15) is 11.1 Å².